The monoisotopic (exact) mass is 306 g/mol. The molecule has 0 saturated heterocycles. The Kier molecular flexibility index (Phi) is 5.02. The Hall–Kier alpha value is -1.01. The van der Waals surface area contributed by atoms with Gasteiger partial charge in [0.1, 0.15) is 5.82 Å². The first-order valence-electron chi connectivity index (χ1n) is 5.16. The molecule has 1 rings (SSSR count). The molecule has 0 saturated carbocycles. The minimum atomic E-state index is -0.839. The van der Waals surface area contributed by atoms with Crippen LogP contribution in [-0.4, -0.2) is 11.9 Å². The highest BCUT2D eigenvalue weighted by Crippen LogP contribution is 2.26. The van der Waals surface area contributed by atoms with Gasteiger partial charge in [-0.2, -0.15) is 0 Å². The third kappa shape index (κ3) is 3.74. The lowest BCUT2D eigenvalue weighted by Gasteiger charge is -2.13. The fraction of sp³-hybridized carbons (Fsp3) is 0.364. The van der Waals surface area contributed by atoms with Crippen molar-refractivity contribution in [2.24, 2.45) is 5.73 Å². The van der Waals surface area contributed by atoms with Gasteiger partial charge in [0.2, 0.25) is 5.91 Å². The third-order valence-corrected chi connectivity index (χ3v) is 2.82. The maximum absolute atomic E-state index is 13.4. The number of carbonyl (C=O) groups excluding carboxylic acids is 1. The van der Waals surface area contributed by atoms with Crippen molar-refractivity contribution in [1.29, 1.82) is 0 Å². The van der Waals surface area contributed by atoms with Crippen LogP contribution in [0.15, 0.2) is 16.6 Å². The molecule has 1 aromatic rings. The third-order valence-electron chi connectivity index (χ3n) is 2.19. The molecule has 6 heteroatoms. The molecular weight excluding hydrogens is 294 g/mol. The highest BCUT2D eigenvalue weighted by atomic mass is 79.9. The van der Waals surface area contributed by atoms with Gasteiger partial charge in [-0.05, 0) is 28.4 Å². The number of halogens is 3. The van der Waals surface area contributed by atoms with Gasteiger partial charge in [-0.15, -0.1) is 0 Å². The maximum Gasteiger partial charge on any atom is 0.241 e. The van der Waals surface area contributed by atoms with Gasteiger partial charge in [0.15, 0.2) is 5.82 Å². The predicted octanol–water partition coefficient (Wildman–Crippen LogP) is 2.79. The molecule has 0 fully saturated rings. The Labute approximate surface area is 107 Å². The predicted molar refractivity (Wildman–Crippen MR) is 65.6 cm³/mol. The van der Waals surface area contributed by atoms with E-state index in [4.69, 9.17) is 5.73 Å². The molecule has 1 atom stereocenters. The molecule has 17 heavy (non-hydrogen) atoms. The molecule has 0 radical (unpaired) electrons. The van der Waals surface area contributed by atoms with E-state index in [0.29, 0.717) is 12.5 Å². The average Bonchev–Trinajstić information content (AvgIpc) is 2.23. The van der Waals surface area contributed by atoms with Crippen molar-refractivity contribution >= 4 is 27.5 Å². The summed E-state index contributed by atoms with van der Waals surface area (Å²) in [5.74, 6) is -2.04. The molecule has 1 aromatic carbocycles. The fourth-order valence-electron chi connectivity index (χ4n) is 1.32. The minimum Gasteiger partial charge on any atom is -0.321 e. The molecule has 94 valence electrons. The van der Waals surface area contributed by atoms with Gasteiger partial charge in [-0.1, -0.05) is 13.3 Å². The van der Waals surface area contributed by atoms with Gasteiger partial charge in [0.05, 0.1) is 11.7 Å². The van der Waals surface area contributed by atoms with Crippen molar-refractivity contribution in [3.8, 4) is 0 Å². The van der Waals surface area contributed by atoms with Crippen LogP contribution in [0.25, 0.3) is 0 Å². The van der Waals surface area contributed by atoms with Gasteiger partial charge in [-0.25, -0.2) is 8.78 Å². The van der Waals surface area contributed by atoms with Crippen molar-refractivity contribution in [1.82, 2.24) is 0 Å². The zero-order chi connectivity index (χ0) is 13.0. The van der Waals surface area contributed by atoms with Crippen LogP contribution in [0.5, 0.6) is 0 Å². The summed E-state index contributed by atoms with van der Waals surface area (Å²) in [6.07, 6.45) is 1.26. The van der Waals surface area contributed by atoms with Crippen molar-refractivity contribution < 1.29 is 13.6 Å². The first-order valence-corrected chi connectivity index (χ1v) is 5.96. The van der Waals surface area contributed by atoms with Crippen molar-refractivity contribution in [2.45, 2.75) is 25.8 Å². The Morgan fingerprint density at radius 3 is 2.71 bits per heavy atom. The first kappa shape index (κ1) is 14.1. The van der Waals surface area contributed by atoms with Crippen LogP contribution in [-0.2, 0) is 4.79 Å². The summed E-state index contributed by atoms with van der Waals surface area (Å²) in [6.45, 7) is 1.89. The summed E-state index contributed by atoms with van der Waals surface area (Å²) in [5, 5.41) is 2.34. The van der Waals surface area contributed by atoms with Crippen molar-refractivity contribution in [2.75, 3.05) is 5.32 Å². The standard InChI is InChI=1S/C11H13BrF2N2O/c1-2-3-9(15)11(17)16-10-7(12)4-6(13)5-8(10)14/h4-5,9H,2-3,15H2,1H3,(H,16,17). The molecule has 0 aliphatic carbocycles. The second kappa shape index (κ2) is 6.07. The fourth-order valence-corrected chi connectivity index (χ4v) is 1.83. The molecular formula is C11H13BrF2N2O. The van der Waals surface area contributed by atoms with Gasteiger partial charge in [0.25, 0.3) is 0 Å². The van der Waals surface area contributed by atoms with Crippen LogP contribution in [0.1, 0.15) is 19.8 Å². The summed E-state index contributed by atoms with van der Waals surface area (Å²) in [6, 6.07) is 1.08. The van der Waals surface area contributed by atoms with Crippen LogP contribution >= 0.6 is 15.9 Å². The second-order valence-corrected chi connectivity index (χ2v) is 4.48. The molecule has 0 aliphatic heterocycles. The lowest BCUT2D eigenvalue weighted by Crippen LogP contribution is -2.35. The first-order chi connectivity index (χ1) is 7.95. The van der Waals surface area contributed by atoms with E-state index in [9.17, 15) is 13.6 Å². The zero-order valence-corrected chi connectivity index (χ0v) is 10.9. The minimum absolute atomic E-state index is 0.0945. The largest absolute Gasteiger partial charge is 0.321 e. The molecule has 0 aliphatic rings. The Morgan fingerprint density at radius 2 is 2.18 bits per heavy atom. The van der Waals surface area contributed by atoms with Crippen LogP contribution in [0.3, 0.4) is 0 Å². The summed E-state index contributed by atoms with van der Waals surface area (Å²) >= 11 is 2.98. The lowest BCUT2D eigenvalue weighted by molar-refractivity contribution is -0.117. The summed E-state index contributed by atoms with van der Waals surface area (Å²) < 4.78 is 26.4. The molecule has 0 heterocycles. The quantitative estimate of drug-likeness (QED) is 0.898. The Balaban J connectivity index is 2.85. The number of carbonyl (C=O) groups is 1. The smallest absolute Gasteiger partial charge is 0.241 e. The van der Waals surface area contributed by atoms with E-state index < -0.39 is 23.6 Å². The van der Waals surface area contributed by atoms with Crippen LogP contribution < -0.4 is 11.1 Å². The van der Waals surface area contributed by atoms with E-state index in [2.05, 4.69) is 21.2 Å². The molecule has 0 spiro atoms. The summed E-state index contributed by atoms with van der Waals surface area (Å²) in [7, 11) is 0. The van der Waals surface area contributed by atoms with E-state index in [1.54, 1.807) is 0 Å². The number of anilines is 1. The van der Waals surface area contributed by atoms with Crippen molar-refractivity contribution in [3.63, 3.8) is 0 Å². The SMILES string of the molecule is CCCC(N)C(=O)Nc1c(F)cc(F)cc1Br. The number of nitrogens with one attached hydrogen (secondary N) is 1. The summed E-state index contributed by atoms with van der Waals surface area (Å²) in [5.41, 5.74) is 5.49. The van der Waals surface area contributed by atoms with Gasteiger partial charge in [0, 0.05) is 10.5 Å². The number of benzene rings is 1. The molecule has 3 nitrogen and oxygen atoms in total. The van der Waals surface area contributed by atoms with Crippen LogP contribution in [0.2, 0.25) is 0 Å². The van der Waals surface area contributed by atoms with Gasteiger partial charge in [-0.3, -0.25) is 4.79 Å². The van der Waals surface area contributed by atoms with E-state index in [1.165, 1.54) is 0 Å². The summed E-state index contributed by atoms with van der Waals surface area (Å²) in [4.78, 5) is 11.6. The number of amides is 1. The van der Waals surface area contributed by atoms with E-state index in [1.807, 2.05) is 6.92 Å². The molecule has 3 N–H and O–H groups in total. The normalized spacial score (nSPS) is 12.3. The average molecular weight is 307 g/mol. The van der Waals surface area contributed by atoms with Crippen molar-refractivity contribution in [3.05, 3.63) is 28.2 Å². The van der Waals surface area contributed by atoms with Gasteiger partial charge < -0.3 is 11.1 Å². The molecule has 1 unspecified atom stereocenters. The Morgan fingerprint density at radius 1 is 1.53 bits per heavy atom. The van der Waals surface area contributed by atoms with E-state index in [0.717, 1.165) is 12.5 Å². The number of hydrogen-bond acceptors (Lipinski definition) is 2. The second-order valence-electron chi connectivity index (χ2n) is 3.63. The van der Waals surface area contributed by atoms with E-state index in [-0.39, 0.29) is 10.2 Å². The molecule has 0 bridgehead atoms. The zero-order valence-electron chi connectivity index (χ0n) is 9.27. The highest BCUT2D eigenvalue weighted by molar-refractivity contribution is 9.10. The van der Waals surface area contributed by atoms with Crippen LogP contribution in [0, 0.1) is 11.6 Å². The van der Waals surface area contributed by atoms with Crippen LogP contribution in [0.4, 0.5) is 14.5 Å². The lowest BCUT2D eigenvalue weighted by atomic mass is 10.1. The molecule has 0 aromatic heterocycles. The van der Waals surface area contributed by atoms with E-state index >= 15 is 0 Å². The topological polar surface area (TPSA) is 55.1 Å². The number of hydrogen-bond donors (Lipinski definition) is 2. The number of nitrogens with two attached hydrogens (primary N) is 1. The Bertz CT molecular complexity index is 403. The molecule has 1 amide bonds. The highest BCUT2D eigenvalue weighted by Gasteiger charge is 2.17. The maximum atomic E-state index is 13.4. The van der Waals surface area contributed by atoms with Gasteiger partial charge >= 0.3 is 0 Å². The number of rotatable bonds is 4.